The van der Waals surface area contributed by atoms with Crippen LogP contribution in [0, 0.1) is 5.82 Å². The van der Waals surface area contributed by atoms with Crippen LogP contribution in [0.3, 0.4) is 0 Å². The smallest absolute Gasteiger partial charge is 0.338 e. The van der Waals surface area contributed by atoms with Gasteiger partial charge in [0.25, 0.3) is 5.91 Å². The molecule has 1 aliphatic heterocycles. The molecule has 0 aliphatic carbocycles. The number of amides is 1. The summed E-state index contributed by atoms with van der Waals surface area (Å²) in [6.45, 7) is 1.98. The monoisotopic (exact) mass is 387 g/mol. The number of thiocarbonyl (C=S) groups is 1. The van der Waals surface area contributed by atoms with Crippen molar-refractivity contribution in [2.75, 3.05) is 11.5 Å². The Morgan fingerprint density at radius 2 is 2.04 bits per heavy atom. The molecule has 1 saturated heterocycles. The summed E-state index contributed by atoms with van der Waals surface area (Å²) in [7, 11) is 0. The second-order valence-corrected chi connectivity index (χ2v) is 6.99. The van der Waals surface area contributed by atoms with Crippen molar-refractivity contribution in [2.24, 2.45) is 0 Å². The first-order valence-corrected chi connectivity index (χ1v) is 9.03. The Morgan fingerprint density at radius 1 is 1.27 bits per heavy atom. The average Bonchev–Trinajstić information content (AvgIpc) is 2.91. The highest BCUT2D eigenvalue weighted by Gasteiger charge is 2.33. The van der Waals surface area contributed by atoms with Crippen LogP contribution in [0.2, 0.25) is 0 Å². The molecule has 1 aliphatic rings. The van der Waals surface area contributed by atoms with Crippen LogP contribution in [0.5, 0.6) is 0 Å². The molecule has 1 heterocycles. The van der Waals surface area contributed by atoms with E-state index < -0.39 is 11.8 Å². The van der Waals surface area contributed by atoms with E-state index in [0.29, 0.717) is 26.0 Å². The lowest BCUT2D eigenvalue weighted by Gasteiger charge is -2.15. The van der Waals surface area contributed by atoms with Crippen molar-refractivity contribution in [2.45, 2.75) is 6.92 Å². The van der Waals surface area contributed by atoms with Crippen molar-refractivity contribution < 1.29 is 18.7 Å². The minimum atomic E-state index is -0.471. The SMILES string of the molecule is CCOC(=O)c1cccc(N2C(=O)/C(=C\c3ccccc3F)SC2=S)c1. The van der Waals surface area contributed by atoms with Crippen LogP contribution in [-0.4, -0.2) is 22.8 Å². The Hall–Kier alpha value is -2.51. The van der Waals surface area contributed by atoms with Crippen molar-refractivity contribution in [1.29, 1.82) is 0 Å². The standard InChI is InChI=1S/C19H14FNO3S2/c1-2-24-18(23)13-7-5-8-14(10-13)21-17(22)16(26-19(21)25)11-12-6-3-4-9-15(12)20/h3-11H,2H2,1H3/b16-11+. The van der Waals surface area contributed by atoms with Gasteiger partial charge in [0.2, 0.25) is 0 Å². The molecule has 4 nitrogen and oxygen atoms in total. The predicted octanol–water partition coefficient (Wildman–Crippen LogP) is 4.41. The minimum absolute atomic E-state index is 0.259. The maximum atomic E-state index is 13.8. The maximum absolute atomic E-state index is 13.8. The molecule has 3 rings (SSSR count). The van der Waals surface area contributed by atoms with Crippen LogP contribution >= 0.6 is 24.0 Å². The number of ether oxygens (including phenoxy) is 1. The van der Waals surface area contributed by atoms with E-state index in [1.807, 2.05) is 0 Å². The normalized spacial score (nSPS) is 15.6. The van der Waals surface area contributed by atoms with Gasteiger partial charge in [-0.1, -0.05) is 48.2 Å². The highest BCUT2D eigenvalue weighted by atomic mass is 32.2. The molecule has 0 radical (unpaired) electrons. The molecule has 0 spiro atoms. The van der Waals surface area contributed by atoms with E-state index in [2.05, 4.69) is 0 Å². The number of thioether (sulfide) groups is 1. The summed E-state index contributed by atoms with van der Waals surface area (Å²) in [5.74, 6) is -1.24. The highest BCUT2D eigenvalue weighted by molar-refractivity contribution is 8.27. The van der Waals surface area contributed by atoms with Crippen LogP contribution < -0.4 is 4.90 Å². The third-order valence-corrected chi connectivity index (χ3v) is 4.90. The van der Waals surface area contributed by atoms with Crippen molar-refractivity contribution >= 4 is 51.9 Å². The Labute approximate surface area is 159 Å². The Bertz CT molecular complexity index is 927. The fourth-order valence-corrected chi connectivity index (χ4v) is 3.70. The third-order valence-electron chi connectivity index (χ3n) is 3.60. The van der Waals surface area contributed by atoms with Crippen LogP contribution in [0.1, 0.15) is 22.8 Å². The second-order valence-electron chi connectivity index (χ2n) is 5.31. The molecule has 132 valence electrons. The van der Waals surface area contributed by atoms with E-state index in [4.69, 9.17) is 17.0 Å². The number of anilines is 1. The van der Waals surface area contributed by atoms with Gasteiger partial charge < -0.3 is 4.74 Å². The molecule has 0 bridgehead atoms. The molecule has 0 aromatic heterocycles. The molecule has 0 saturated carbocycles. The lowest BCUT2D eigenvalue weighted by molar-refractivity contribution is -0.113. The number of rotatable bonds is 4. The van der Waals surface area contributed by atoms with Gasteiger partial charge in [-0.15, -0.1) is 0 Å². The van der Waals surface area contributed by atoms with Gasteiger partial charge in [-0.05, 0) is 37.3 Å². The van der Waals surface area contributed by atoms with E-state index in [1.165, 1.54) is 17.0 Å². The van der Waals surface area contributed by atoms with Gasteiger partial charge in [-0.2, -0.15) is 0 Å². The molecule has 2 aromatic rings. The number of esters is 1. The zero-order chi connectivity index (χ0) is 18.7. The molecular formula is C19H14FNO3S2. The molecule has 7 heteroatoms. The first kappa shape index (κ1) is 18.3. The molecule has 26 heavy (non-hydrogen) atoms. The number of carbonyl (C=O) groups excluding carboxylic acids is 2. The maximum Gasteiger partial charge on any atom is 0.338 e. The molecule has 2 aromatic carbocycles. The number of hydrogen-bond donors (Lipinski definition) is 0. The van der Waals surface area contributed by atoms with Crippen molar-refractivity contribution in [1.82, 2.24) is 0 Å². The molecule has 0 unspecified atom stereocenters. The van der Waals surface area contributed by atoms with Crippen LogP contribution in [0.15, 0.2) is 53.4 Å². The van der Waals surface area contributed by atoms with Crippen molar-refractivity contribution in [3.8, 4) is 0 Å². The summed E-state index contributed by atoms with van der Waals surface area (Å²) in [4.78, 5) is 26.3. The topological polar surface area (TPSA) is 46.6 Å². The Kier molecular flexibility index (Phi) is 5.49. The summed E-state index contributed by atoms with van der Waals surface area (Å²) in [5, 5.41) is 0. The van der Waals surface area contributed by atoms with Gasteiger partial charge in [0.1, 0.15) is 5.82 Å². The molecule has 1 amide bonds. The Balaban J connectivity index is 1.92. The summed E-state index contributed by atoms with van der Waals surface area (Å²) >= 11 is 6.39. The zero-order valence-corrected chi connectivity index (χ0v) is 15.4. The summed E-state index contributed by atoms with van der Waals surface area (Å²) < 4.78 is 19.1. The van der Waals surface area contributed by atoms with E-state index in [9.17, 15) is 14.0 Å². The third kappa shape index (κ3) is 3.68. The van der Waals surface area contributed by atoms with Gasteiger partial charge in [0.05, 0.1) is 22.8 Å². The fourth-order valence-electron chi connectivity index (χ4n) is 2.41. The summed E-state index contributed by atoms with van der Waals surface area (Å²) in [6.07, 6.45) is 1.48. The summed E-state index contributed by atoms with van der Waals surface area (Å²) in [5.41, 5.74) is 1.11. The van der Waals surface area contributed by atoms with Crippen molar-refractivity contribution in [3.63, 3.8) is 0 Å². The van der Waals surface area contributed by atoms with Crippen LogP contribution in [0.4, 0.5) is 10.1 Å². The Morgan fingerprint density at radius 3 is 2.77 bits per heavy atom. The first-order valence-electron chi connectivity index (χ1n) is 7.81. The number of hydrogen-bond acceptors (Lipinski definition) is 5. The number of nitrogens with zero attached hydrogens (tertiary/aromatic N) is 1. The van der Waals surface area contributed by atoms with Gasteiger partial charge >= 0.3 is 5.97 Å². The molecule has 0 N–H and O–H groups in total. The predicted molar refractivity (Wildman–Crippen MR) is 104 cm³/mol. The van der Waals surface area contributed by atoms with Crippen LogP contribution in [0.25, 0.3) is 6.08 Å². The fraction of sp³-hybridized carbons (Fsp3) is 0.105. The van der Waals surface area contributed by atoms with Gasteiger partial charge in [0.15, 0.2) is 4.32 Å². The average molecular weight is 387 g/mol. The van der Waals surface area contributed by atoms with Crippen molar-refractivity contribution in [3.05, 3.63) is 70.4 Å². The van der Waals surface area contributed by atoms with E-state index in [-0.39, 0.29) is 12.5 Å². The second kappa shape index (κ2) is 7.80. The van der Waals surface area contributed by atoms with Gasteiger partial charge in [-0.3, -0.25) is 9.69 Å². The lowest BCUT2D eigenvalue weighted by atomic mass is 10.1. The van der Waals surface area contributed by atoms with E-state index in [1.54, 1.807) is 49.4 Å². The number of benzene rings is 2. The first-order chi connectivity index (χ1) is 12.5. The quantitative estimate of drug-likeness (QED) is 0.442. The van der Waals surface area contributed by atoms with E-state index >= 15 is 0 Å². The minimum Gasteiger partial charge on any atom is -0.462 e. The highest BCUT2D eigenvalue weighted by Crippen LogP contribution is 2.36. The van der Waals surface area contributed by atoms with Gasteiger partial charge in [0, 0.05) is 5.56 Å². The molecular weight excluding hydrogens is 373 g/mol. The van der Waals surface area contributed by atoms with E-state index in [0.717, 1.165) is 11.8 Å². The largest absolute Gasteiger partial charge is 0.462 e. The molecule has 1 fully saturated rings. The number of halogens is 1. The number of carbonyl (C=O) groups is 2. The lowest BCUT2D eigenvalue weighted by Crippen LogP contribution is -2.27. The summed E-state index contributed by atoms with van der Waals surface area (Å²) in [6, 6.07) is 12.7. The molecule has 0 atom stereocenters. The zero-order valence-electron chi connectivity index (χ0n) is 13.8. The van der Waals surface area contributed by atoms with Crippen LogP contribution in [-0.2, 0) is 9.53 Å². The van der Waals surface area contributed by atoms with Gasteiger partial charge in [-0.25, -0.2) is 9.18 Å².